The zero-order valence-electron chi connectivity index (χ0n) is 15.3. The lowest BCUT2D eigenvalue weighted by Crippen LogP contribution is -2.35. The maximum atomic E-state index is 12.1. The third-order valence-electron chi connectivity index (χ3n) is 4.35. The van der Waals surface area contributed by atoms with Crippen LogP contribution in [0.3, 0.4) is 0 Å². The SMILES string of the molecule is CC(=O)N(CCC(=O)NCc1ccccc1C)CCc1cccc(Cl)c1. The molecule has 0 aromatic heterocycles. The molecular formula is C21H25ClN2O2. The zero-order valence-corrected chi connectivity index (χ0v) is 16.1. The molecule has 2 rings (SSSR count). The molecule has 1 N–H and O–H groups in total. The minimum Gasteiger partial charge on any atom is -0.352 e. The van der Waals surface area contributed by atoms with Crippen LogP contribution < -0.4 is 5.32 Å². The third kappa shape index (κ3) is 6.52. The van der Waals surface area contributed by atoms with Gasteiger partial charge in [-0.3, -0.25) is 9.59 Å². The van der Waals surface area contributed by atoms with Crippen molar-refractivity contribution >= 4 is 23.4 Å². The fourth-order valence-corrected chi connectivity index (χ4v) is 2.92. The maximum absolute atomic E-state index is 12.1. The molecule has 0 saturated carbocycles. The van der Waals surface area contributed by atoms with E-state index < -0.39 is 0 Å². The van der Waals surface area contributed by atoms with Gasteiger partial charge in [-0.15, -0.1) is 0 Å². The second-order valence-electron chi connectivity index (χ2n) is 6.34. The molecule has 0 atom stereocenters. The average molecular weight is 373 g/mol. The van der Waals surface area contributed by atoms with Crippen molar-refractivity contribution in [1.82, 2.24) is 10.2 Å². The Morgan fingerprint density at radius 2 is 1.85 bits per heavy atom. The van der Waals surface area contributed by atoms with E-state index in [0.717, 1.165) is 16.7 Å². The topological polar surface area (TPSA) is 49.4 Å². The Balaban J connectivity index is 1.79. The van der Waals surface area contributed by atoms with Crippen LogP contribution in [0, 0.1) is 6.92 Å². The van der Waals surface area contributed by atoms with E-state index in [4.69, 9.17) is 11.6 Å². The summed E-state index contributed by atoms with van der Waals surface area (Å²) in [6.45, 7) is 5.04. The van der Waals surface area contributed by atoms with Crippen molar-refractivity contribution in [2.24, 2.45) is 0 Å². The predicted molar refractivity (Wildman–Crippen MR) is 105 cm³/mol. The van der Waals surface area contributed by atoms with Crippen LogP contribution in [0.2, 0.25) is 5.02 Å². The summed E-state index contributed by atoms with van der Waals surface area (Å²) in [7, 11) is 0. The first-order valence-electron chi connectivity index (χ1n) is 8.77. The van der Waals surface area contributed by atoms with Gasteiger partial charge in [-0.2, -0.15) is 0 Å². The van der Waals surface area contributed by atoms with E-state index in [-0.39, 0.29) is 11.8 Å². The van der Waals surface area contributed by atoms with Gasteiger partial charge < -0.3 is 10.2 Å². The summed E-state index contributed by atoms with van der Waals surface area (Å²) in [4.78, 5) is 25.6. The summed E-state index contributed by atoms with van der Waals surface area (Å²) in [5.41, 5.74) is 3.33. The second kappa shape index (κ2) is 9.97. The molecule has 0 aliphatic carbocycles. The minimum absolute atomic E-state index is 0.0290. The molecule has 0 fully saturated rings. The lowest BCUT2D eigenvalue weighted by atomic mass is 10.1. The smallest absolute Gasteiger partial charge is 0.222 e. The van der Waals surface area contributed by atoms with E-state index in [9.17, 15) is 9.59 Å². The van der Waals surface area contributed by atoms with Gasteiger partial charge in [-0.1, -0.05) is 48.0 Å². The lowest BCUT2D eigenvalue weighted by molar-refractivity contribution is -0.129. The van der Waals surface area contributed by atoms with Crippen LogP contribution in [0.25, 0.3) is 0 Å². The Bertz CT molecular complexity index is 761. The van der Waals surface area contributed by atoms with E-state index in [2.05, 4.69) is 5.32 Å². The zero-order chi connectivity index (χ0) is 18.9. The van der Waals surface area contributed by atoms with Crippen LogP contribution >= 0.6 is 11.6 Å². The molecule has 138 valence electrons. The Hall–Kier alpha value is -2.33. The Labute approximate surface area is 160 Å². The Morgan fingerprint density at radius 1 is 1.08 bits per heavy atom. The van der Waals surface area contributed by atoms with Crippen LogP contribution in [-0.4, -0.2) is 29.8 Å². The summed E-state index contributed by atoms with van der Waals surface area (Å²) in [5, 5.41) is 3.61. The van der Waals surface area contributed by atoms with Crippen molar-refractivity contribution in [2.75, 3.05) is 13.1 Å². The number of nitrogens with one attached hydrogen (secondary N) is 1. The number of hydrogen-bond acceptors (Lipinski definition) is 2. The number of benzene rings is 2. The first-order chi connectivity index (χ1) is 12.5. The molecule has 2 amide bonds. The predicted octanol–water partition coefficient (Wildman–Crippen LogP) is 3.75. The number of halogens is 1. The molecule has 0 aliphatic rings. The van der Waals surface area contributed by atoms with Crippen molar-refractivity contribution in [3.05, 3.63) is 70.2 Å². The molecule has 0 aliphatic heterocycles. The van der Waals surface area contributed by atoms with E-state index in [1.54, 1.807) is 4.90 Å². The van der Waals surface area contributed by atoms with E-state index in [1.165, 1.54) is 6.92 Å². The quantitative estimate of drug-likeness (QED) is 0.767. The van der Waals surface area contributed by atoms with Gasteiger partial charge in [0.25, 0.3) is 0 Å². The summed E-state index contributed by atoms with van der Waals surface area (Å²) >= 11 is 5.99. The molecule has 5 heteroatoms. The highest BCUT2D eigenvalue weighted by molar-refractivity contribution is 6.30. The number of nitrogens with zero attached hydrogens (tertiary/aromatic N) is 1. The third-order valence-corrected chi connectivity index (χ3v) is 4.59. The Kier molecular flexibility index (Phi) is 7.67. The average Bonchev–Trinajstić information content (AvgIpc) is 2.60. The minimum atomic E-state index is -0.0535. The van der Waals surface area contributed by atoms with Gasteiger partial charge in [0.1, 0.15) is 0 Å². The largest absolute Gasteiger partial charge is 0.352 e. The number of hydrogen-bond donors (Lipinski definition) is 1. The summed E-state index contributed by atoms with van der Waals surface area (Å²) in [6, 6.07) is 15.6. The molecule has 0 unspecified atom stereocenters. The molecule has 2 aromatic rings. The second-order valence-corrected chi connectivity index (χ2v) is 6.78. The lowest BCUT2D eigenvalue weighted by Gasteiger charge is -2.21. The molecule has 0 saturated heterocycles. The van der Waals surface area contributed by atoms with Crippen LogP contribution in [0.1, 0.15) is 30.0 Å². The standard InChI is InChI=1S/C21H25ClN2O2/c1-16-6-3-4-8-19(16)15-23-21(26)11-13-24(17(2)25)12-10-18-7-5-9-20(22)14-18/h3-9,14H,10-13,15H2,1-2H3,(H,23,26). The van der Waals surface area contributed by atoms with E-state index >= 15 is 0 Å². The van der Waals surface area contributed by atoms with Crippen LogP contribution in [0.15, 0.2) is 48.5 Å². The van der Waals surface area contributed by atoms with Crippen molar-refractivity contribution in [2.45, 2.75) is 33.2 Å². The van der Waals surface area contributed by atoms with Crippen LogP contribution in [0.5, 0.6) is 0 Å². The number of rotatable bonds is 8. The summed E-state index contributed by atoms with van der Waals surface area (Å²) in [5.74, 6) is -0.0824. The molecule has 0 bridgehead atoms. The van der Waals surface area contributed by atoms with Gasteiger partial charge in [0.15, 0.2) is 0 Å². The summed E-state index contributed by atoms with van der Waals surface area (Å²) in [6.07, 6.45) is 1.01. The van der Waals surface area contributed by atoms with Gasteiger partial charge in [0, 0.05) is 38.0 Å². The fraction of sp³-hybridized carbons (Fsp3) is 0.333. The van der Waals surface area contributed by atoms with Gasteiger partial charge in [-0.25, -0.2) is 0 Å². The molecule has 0 radical (unpaired) electrons. The van der Waals surface area contributed by atoms with Gasteiger partial charge in [0.05, 0.1) is 0 Å². The van der Waals surface area contributed by atoms with Crippen LogP contribution in [-0.2, 0) is 22.6 Å². The molecule has 0 heterocycles. The monoisotopic (exact) mass is 372 g/mol. The number of aryl methyl sites for hydroxylation is 1. The van der Waals surface area contributed by atoms with Crippen molar-refractivity contribution < 1.29 is 9.59 Å². The molecule has 26 heavy (non-hydrogen) atoms. The highest BCUT2D eigenvalue weighted by Crippen LogP contribution is 2.12. The number of carbonyl (C=O) groups excluding carboxylic acids is 2. The van der Waals surface area contributed by atoms with Crippen molar-refractivity contribution in [3.63, 3.8) is 0 Å². The van der Waals surface area contributed by atoms with Gasteiger partial charge in [-0.05, 0) is 42.2 Å². The number of amides is 2. The summed E-state index contributed by atoms with van der Waals surface area (Å²) < 4.78 is 0. The van der Waals surface area contributed by atoms with Crippen molar-refractivity contribution in [3.8, 4) is 0 Å². The van der Waals surface area contributed by atoms with Gasteiger partial charge >= 0.3 is 0 Å². The molecular weight excluding hydrogens is 348 g/mol. The highest BCUT2D eigenvalue weighted by atomic mass is 35.5. The number of carbonyl (C=O) groups is 2. The first-order valence-corrected chi connectivity index (χ1v) is 9.14. The maximum Gasteiger partial charge on any atom is 0.222 e. The van der Waals surface area contributed by atoms with Gasteiger partial charge in [0.2, 0.25) is 11.8 Å². The highest BCUT2D eigenvalue weighted by Gasteiger charge is 2.11. The molecule has 2 aromatic carbocycles. The van der Waals surface area contributed by atoms with Crippen LogP contribution in [0.4, 0.5) is 0 Å². The molecule has 0 spiro atoms. The Morgan fingerprint density at radius 3 is 2.54 bits per heavy atom. The fourth-order valence-electron chi connectivity index (χ4n) is 2.71. The van der Waals surface area contributed by atoms with E-state index in [1.807, 2.05) is 55.5 Å². The normalized spacial score (nSPS) is 10.4. The van der Waals surface area contributed by atoms with Crippen molar-refractivity contribution in [1.29, 1.82) is 0 Å². The first kappa shape index (κ1) is 20.0. The molecule has 4 nitrogen and oxygen atoms in total. The van der Waals surface area contributed by atoms with E-state index in [0.29, 0.717) is 37.5 Å².